The molecule has 1 aliphatic carbocycles. The van der Waals surface area contributed by atoms with E-state index in [1.165, 1.54) is 0 Å². The van der Waals surface area contributed by atoms with Gasteiger partial charge in [-0.15, -0.1) is 0 Å². The molecule has 2 N–H and O–H groups in total. The van der Waals surface area contributed by atoms with Crippen LogP contribution < -0.4 is 21.2 Å². The van der Waals surface area contributed by atoms with Crippen molar-refractivity contribution in [3.63, 3.8) is 0 Å². The van der Waals surface area contributed by atoms with Crippen molar-refractivity contribution in [2.24, 2.45) is 0 Å². The van der Waals surface area contributed by atoms with Gasteiger partial charge >= 0.3 is 5.63 Å². The van der Waals surface area contributed by atoms with E-state index in [9.17, 15) is 14.4 Å². The minimum Gasteiger partial charge on any atom is -0.484 e. The summed E-state index contributed by atoms with van der Waals surface area (Å²) in [6.45, 7) is 4.42. The first kappa shape index (κ1) is 21.7. The van der Waals surface area contributed by atoms with E-state index in [4.69, 9.17) is 9.15 Å². The highest BCUT2D eigenvalue weighted by Crippen LogP contribution is 2.29. The lowest BCUT2D eigenvalue weighted by Gasteiger charge is -2.10. The molecular formula is C25H24N4O5. The van der Waals surface area contributed by atoms with E-state index in [-0.39, 0.29) is 12.2 Å². The van der Waals surface area contributed by atoms with Gasteiger partial charge in [0.2, 0.25) is 0 Å². The maximum atomic E-state index is 12.5. The SMILES string of the molecule is CCn1c(C)nc2cc(C(=O)NNC(=O)COc3ccc4c5c(c(=O)oc4c3)CCC5)ccc21. The standard InChI is InChI=1S/C25H24N4O5/c1-3-29-14(2)26-20-11-15(7-10-21(20)29)24(31)28-27-23(30)13-33-16-8-9-18-17-5-4-6-19(17)25(32)34-22(18)12-16/h7-12H,3-6,13H2,1-2H3,(H,27,30)(H,28,31). The average Bonchev–Trinajstić information content (AvgIpc) is 3.45. The van der Waals surface area contributed by atoms with Crippen LogP contribution in [0.5, 0.6) is 5.75 Å². The maximum Gasteiger partial charge on any atom is 0.339 e. The van der Waals surface area contributed by atoms with Crippen molar-refractivity contribution in [1.82, 2.24) is 20.4 Å². The van der Waals surface area contributed by atoms with Gasteiger partial charge in [-0.25, -0.2) is 9.78 Å². The molecule has 0 aliphatic heterocycles. The summed E-state index contributed by atoms with van der Waals surface area (Å²) in [5.41, 5.74) is 8.69. The third-order valence-electron chi connectivity index (χ3n) is 6.15. The van der Waals surface area contributed by atoms with Gasteiger partial charge in [0.15, 0.2) is 6.61 Å². The zero-order valence-electron chi connectivity index (χ0n) is 18.9. The summed E-state index contributed by atoms with van der Waals surface area (Å²) in [4.78, 5) is 41.3. The van der Waals surface area contributed by atoms with Crippen LogP contribution >= 0.6 is 0 Å². The number of fused-ring (bicyclic) bond motifs is 4. The van der Waals surface area contributed by atoms with E-state index in [1.54, 1.807) is 24.3 Å². The topological polar surface area (TPSA) is 115 Å². The zero-order valence-corrected chi connectivity index (χ0v) is 18.9. The number of carbonyl (C=O) groups is 2. The van der Waals surface area contributed by atoms with Crippen molar-refractivity contribution >= 4 is 33.8 Å². The third kappa shape index (κ3) is 3.89. The second kappa shape index (κ2) is 8.66. The Kier molecular flexibility index (Phi) is 5.53. The van der Waals surface area contributed by atoms with Crippen molar-refractivity contribution in [3.05, 3.63) is 69.3 Å². The minimum absolute atomic E-state index is 0.313. The average molecular weight is 460 g/mol. The van der Waals surface area contributed by atoms with Crippen molar-refractivity contribution < 1.29 is 18.7 Å². The van der Waals surface area contributed by atoms with Gasteiger partial charge < -0.3 is 13.7 Å². The lowest BCUT2D eigenvalue weighted by molar-refractivity contribution is -0.123. The molecule has 2 heterocycles. The van der Waals surface area contributed by atoms with E-state index in [0.29, 0.717) is 16.9 Å². The molecule has 0 fully saturated rings. The van der Waals surface area contributed by atoms with Crippen LogP contribution in [0, 0.1) is 6.92 Å². The van der Waals surface area contributed by atoms with E-state index >= 15 is 0 Å². The molecule has 2 amide bonds. The summed E-state index contributed by atoms with van der Waals surface area (Å²) in [6.07, 6.45) is 2.54. The fourth-order valence-corrected chi connectivity index (χ4v) is 4.53. The highest BCUT2D eigenvalue weighted by molar-refractivity contribution is 5.98. The highest BCUT2D eigenvalue weighted by atomic mass is 16.5. The molecule has 0 unspecified atom stereocenters. The van der Waals surface area contributed by atoms with Crippen molar-refractivity contribution in [2.45, 2.75) is 39.7 Å². The number of aromatic nitrogens is 2. The maximum absolute atomic E-state index is 12.5. The predicted molar refractivity (Wildman–Crippen MR) is 126 cm³/mol. The molecule has 1 aliphatic rings. The van der Waals surface area contributed by atoms with Gasteiger partial charge in [-0.3, -0.25) is 20.4 Å². The molecule has 9 nitrogen and oxygen atoms in total. The van der Waals surface area contributed by atoms with Crippen LogP contribution in [0.25, 0.3) is 22.0 Å². The lowest BCUT2D eigenvalue weighted by Crippen LogP contribution is -2.43. The molecule has 0 bridgehead atoms. The summed E-state index contributed by atoms with van der Waals surface area (Å²) in [5.74, 6) is 0.275. The van der Waals surface area contributed by atoms with Crippen LogP contribution in [0.1, 0.15) is 40.7 Å². The number of aryl methyl sites for hydroxylation is 3. The molecule has 2 aromatic heterocycles. The van der Waals surface area contributed by atoms with E-state index in [0.717, 1.165) is 59.2 Å². The van der Waals surface area contributed by atoms with E-state index in [2.05, 4.69) is 20.4 Å². The number of nitrogens with zero attached hydrogens (tertiary/aromatic N) is 2. The normalized spacial score (nSPS) is 12.6. The number of hydrogen-bond donors (Lipinski definition) is 2. The molecule has 0 radical (unpaired) electrons. The number of ether oxygens (including phenoxy) is 1. The Balaban J connectivity index is 1.20. The fourth-order valence-electron chi connectivity index (χ4n) is 4.53. The van der Waals surface area contributed by atoms with Crippen LogP contribution in [0.3, 0.4) is 0 Å². The molecule has 0 saturated heterocycles. The number of amides is 2. The van der Waals surface area contributed by atoms with Crippen molar-refractivity contribution in [3.8, 4) is 5.75 Å². The number of hydrogen-bond acceptors (Lipinski definition) is 6. The second-order valence-corrected chi connectivity index (χ2v) is 8.26. The number of benzene rings is 2. The van der Waals surface area contributed by atoms with Crippen LogP contribution in [0.15, 0.2) is 45.6 Å². The molecule has 0 spiro atoms. The van der Waals surface area contributed by atoms with Gasteiger partial charge in [0.25, 0.3) is 11.8 Å². The van der Waals surface area contributed by atoms with Crippen molar-refractivity contribution in [2.75, 3.05) is 6.61 Å². The van der Waals surface area contributed by atoms with E-state index in [1.807, 2.05) is 26.0 Å². The Morgan fingerprint density at radius 3 is 2.76 bits per heavy atom. The number of imidazole rings is 1. The summed E-state index contributed by atoms with van der Waals surface area (Å²) >= 11 is 0. The number of nitrogens with one attached hydrogen (secondary N) is 2. The molecule has 2 aromatic carbocycles. The Labute approximate surface area is 194 Å². The van der Waals surface area contributed by atoms with Gasteiger partial charge in [-0.1, -0.05) is 0 Å². The zero-order chi connectivity index (χ0) is 23.8. The molecule has 34 heavy (non-hydrogen) atoms. The fraction of sp³-hybridized carbons (Fsp3) is 0.280. The quantitative estimate of drug-likeness (QED) is 0.350. The molecule has 0 atom stereocenters. The monoisotopic (exact) mass is 460 g/mol. The van der Waals surface area contributed by atoms with Crippen LogP contribution in [0.4, 0.5) is 0 Å². The molecule has 4 aromatic rings. The van der Waals surface area contributed by atoms with Crippen LogP contribution in [0.2, 0.25) is 0 Å². The molecule has 0 saturated carbocycles. The number of carbonyl (C=O) groups excluding carboxylic acids is 2. The minimum atomic E-state index is -0.531. The Morgan fingerprint density at radius 2 is 1.94 bits per heavy atom. The van der Waals surface area contributed by atoms with Gasteiger partial charge in [0, 0.05) is 29.1 Å². The van der Waals surface area contributed by atoms with Gasteiger partial charge in [0.05, 0.1) is 11.0 Å². The summed E-state index contributed by atoms with van der Waals surface area (Å²) in [7, 11) is 0. The summed E-state index contributed by atoms with van der Waals surface area (Å²) in [5, 5.41) is 0.895. The summed E-state index contributed by atoms with van der Waals surface area (Å²) < 4.78 is 13.0. The van der Waals surface area contributed by atoms with Crippen LogP contribution in [-0.4, -0.2) is 28.0 Å². The number of rotatable bonds is 5. The number of hydrazine groups is 1. The molecule has 5 rings (SSSR count). The Bertz CT molecular complexity index is 1500. The highest BCUT2D eigenvalue weighted by Gasteiger charge is 2.20. The molecule has 174 valence electrons. The van der Waals surface area contributed by atoms with Crippen molar-refractivity contribution in [1.29, 1.82) is 0 Å². The third-order valence-corrected chi connectivity index (χ3v) is 6.15. The largest absolute Gasteiger partial charge is 0.484 e. The molecular weight excluding hydrogens is 436 g/mol. The first-order valence-electron chi connectivity index (χ1n) is 11.2. The Morgan fingerprint density at radius 1 is 1.12 bits per heavy atom. The summed E-state index contributed by atoms with van der Waals surface area (Å²) in [6, 6.07) is 10.4. The van der Waals surface area contributed by atoms with Gasteiger partial charge in [0.1, 0.15) is 17.2 Å². The van der Waals surface area contributed by atoms with Crippen LogP contribution in [-0.2, 0) is 24.2 Å². The Hall–Kier alpha value is -4.14. The first-order chi connectivity index (χ1) is 16.4. The van der Waals surface area contributed by atoms with Gasteiger partial charge in [-0.05, 0) is 69.0 Å². The first-order valence-corrected chi connectivity index (χ1v) is 11.2. The smallest absolute Gasteiger partial charge is 0.339 e. The van der Waals surface area contributed by atoms with Gasteiger partial charge in [-0.2, -0.15) is 0 Å². The lowest BCUT2D eigenvalue weighted by atomic mass is 10.1. The van der Waals surface area contributed by atoms with E-state index < -0.39 is 11.8 Å². The second-order valence-electron chi connectivity index (χ2n) is 8.26. The molecule has 9 heteroatoms. The predicted octanol–water partition coefficient (Wildman–Crippen LogP) is 2.80.